The Morgan fingerprint density at radius 3 is 2.68 bits per heavy atom. The topological polar surface area (TPSA) is 143 Å². The predicted octanol–water partition coefficient (Wildman–Crippen LogP) is 0.102. The summed E-state index contributed by atoms with van der Waals surface area (Å²) in [6, 6.07) is -2.68. The van der Waals surface area contributed by atoms with Crippen LogP contribution in [0.5, 0.6) is 0 Å². The van der Waals surface area contributed by atoms with Gasteiger partial charge >= 0.3 is 16.4 Å². The van der Waals surface area contributed by atoms with Crippen LogP contribution >= 0.6 is 11.8 Å². The van der Waals surface area contributed by atoms with Crippen LogP contribution in [0.15, 0.2) is 17.3 Å². The van der Waals surface area contributed by atoms with E-state index < -0.39 is 28.5 Å². The number of carbonyl (C=O) groups excluding carboxylic acids is 2. The van der Waals surface area contributed by atoms with Crippen molar-refractivity contribution in [2.24, 2.45) is 14.1 Å². The molecule has 2 aliphatic rings. The maximum atomic E-state index is 13.0. The molecule has 13 nitrogen and oxygen atoms in total. The Bertz CT molecular complexity index is 1160. The first kappa shape index (κ1) is 21.6. The Balaban J connectivity index is 1.79. The first-order valence-corrected chi connectivity index (χ1v) is 11.5. The van der Waals surface area contributed by atoms with E-state index in [0.717, 1.165) is 4.90 Å². The SMILES string of the molecule is CN(C)C(=O)C1c2c(c(CSc3cnn(C)c3)nn2C)C2CN1C(=O)N2OS(=O)(=O)O. The van der Waals surface area contributed by atoms with Crippen molar-refractivity contribution in [3.63, 3.8) is 0 Å². The Morgan fingerprint density at radius 1 is 1.39 bits per heavy atom. The Labute approximate surface area is 182 Å². The number of hydrogen-bond donors (Lipinski definition) is 1. The summed E-state index contributed by atoms with van der Waals surface area (Å²) in [5, 5.41) is 9.26. The zero-order valence-corrected chi connectivity index (χ0v) is 18.8. The standard InChI is InChI=1S/C16H21N7O6S2/c1-19(2)15(24)14-13-12(11-7-22(14)16(25)23(11)29-31(26,27)28)10(18-21(13)4)8-30-9-5-17-20(3)6-9/h5-6,11,14H,7-8H2,1-4H3,(H,26,27,28). The van der Waals surface area contributed by atoms with Crippen LogP contribution in [0.2, 0.25) is 0 Å². The van der Waals surface area contributed by atoms with Gasteiger partial charge in [-0.05, 0) is 0 Å². The summed E-state index contributed by atoms with van der Waals surface area (Å²) in [6.07, 6.45) is 3.54. The molecule has 4 heterocycles. The number of hydroxylamine groups is 2. The molecule has 1 fully saturated rings. The van der Waals surface area contributed by atoms with Crippen molar-refractivity contribution >= 4 is 34.1 Å². The van der Waals surface area contributed by atoms with Gasteiger partial charge in [0, 0.05) is 50.6 Å². The van der Waals surface area contributed by atoms with E-state index >= 15 is 0 Å². The van der Waals surface area contributed by atoms with Crippen LogP contribution < -0.4 is 0 Å². The summed E-state index contributed by atoms with van der Waals surface area (Å²) in [5.74, 6) is 0.0264. The predicted molar refractivity (Wildman–Crippen MR) is 107 cm³/mol. The number of fused-ring (bicyclic) bond motifs is 4. The number of aromatic nitrogens is 4. The Kier molecular flexibility index (Phi) is 5.23. The maximum absolute atomic E-state index is 13.0. The highest BCUT2D eigenvalue weighted by Gasteiger charge is 2.55. The fourth-order valence-electron chi connectivity index (χ4n) is 3.88. The van der Waals surface area contributed by atoms with E-state index in [1.165, 1.54) is 26.2 Å². The third-order valence-electron chi connectivity index (χ3n) is 5.10. The van der Waals surface area contributed by atoms with Gasteiger partial charge in [-0.2, -0.15) is 23.7 Å². The molecule has 2 unspecified atom stereocenters. The second-order valence-electron chi connectivity index (χ2n) is 7.42. The highest BCUT2D eigenvalue weighted by Crippen LogP contribution is 2.46. The molecule has 2 bridgehead atoms. The summed E-state index contributed by atoms with van der Waals surface area (Å²) in [4.78, 5) is 29.4. The van der Waals surface area contributed by atoms with Crippen molar-refractivity contribution in [3.8, 4) is 0 Å². The fourth-order valence-corrected chi connectivity index (χ4v) is 5.12. The quantitative estimate of drug-likeness (QED) is 0.458. The lowest BCUT2D eigenvalue weighted by atomic mass is 9.95. The molecule has 1 N–H and O–H groups in total. The molecule has 0 aliphatic carbocycles. The highest BCUT2D eigenvalue weighted by molar-refractivity contribution is 7.98. The van der Waals surface area contributed by atoms with Crippen molar-refractivity contribution in [1.29, 1.82) is 0 Å². The molecule has 2 aromatic rings. The molecule has 2 aliphatic heterocycles. The van der Waals surface area contributed by atoms with E-state index in [1.807, 2.05) is 6.20 Å². The third kappa shape index (κ3) is 3.77. The monoisotopic (exact) mass is 471 g/mol. The van der Waals surface area contributed by atoms with Crippen LogP contribution in [0.3, 0.4) is 0 Å². The zero-order valence-electron chi connectivity index (χ0n) is 17.2. The molecular formula is C16H21N7O6S2. The fraction of sp³-hybridized carbons (Fsp3) is 0.500. The van der Waals surface area contributed by atoms with Crippen LogP contribution in [0.25, 0.3) is 0 Å². The molecule has 1 saturated heterocycles. The van der Waals surface area contributed by atoms with Gasteiger partial charge in [-0.1, -0.05) is 0 Å². The Hall–Kier alpha value is -2.62. The number of aryl methyl sites for hydroxylation is 2. The number of carbonyl (C=O) groups is 2. The highest BCUT2D eigenvalue weighted by atomic mass is 32.3. The number of amides is 3. The van der Waals surface area contributed by atoms with E-state index in [1.54, 1.807) is 39.1 Å². The van der Waals surface area contributed by atoms with Crippen molar-refractivity contribution in [2.75, 3.05) is 20.6 Å². The normalized spacial score (nSPS) is 20.4. The number of hydrogen-bond acceptors (Lipinski definition) is 8. The van der Waals surface area contributed by atoms with Gasteiger partial charge in [0.1, 0.15) is 6.04 Å². The van der Waals surface area contributed by atoms with Gasteiger partial charge in [0.2, 0.25) is 0 Å². The molecule has 0 saturated carbocycles. The molecule has 31 heavy (non-hydrogen) atoms. The minimum atomic E-state index is -4.95. The lowest BCUT2D eigenvalue weighted by Crippen LogP contribution is -2.44. The van der Waals surface area contributed by atoms with Gasteiger partial charge in [-0.3, -0.25) is 18.7 Å². The van der Waals surface area contributed by atoms with Crippen molar-refractivity contribution in [2.45, 2.75) is 22.7 Å². The molecule has 168 valence electrons. The summed E-state index contributed by atoms with van der Waals surface area (Å²) in [6.45, 7) is 0.0157. The summed E-state index contributed by atoms with van der Waals surface area (Å²) in [5.41, 5.74) is 1.59. The number of thioether (sulfide) groups is 1. The summed E-state index contributed by atoms with van der Waals surface area (Å²) >= 11 is 1.46. The lowest BCUT2D eigenvalue weighted by Gasteiger charge is -2.32. The molecule has 4 rings (SSSR count). The molecule has 2 atom stereocenters. The van der Waals surface area contributed by atoms with Crippen LogP contribution in [-0.2, 0) is 39.3 Å². The van der Waals surface area contributed by atoms with E-state index in [-0.39, 0.29) is 12.5 Å². The van der Waals surface area contributed by atoms with Crippen LogP contribution in [0, 0.1) is 0 Å². The van der Waals surface area contributed by atoms with Crippen molar-refractivity contribution in [3.05, 3.63) is 29.3 Å². The minimum Gasteiger partial charge on any atom is -0.347 e. The van der Waals surface area contributed by atoms with Gasteiger partial charge in [0.05, 0.1) is 24.1 Å². The largest absolute Gasteiger partial charge is 0.418 e. The van der Waals surface area contributed by atoms with Crippen LogP contribution in [-0.4, -0.2) is 80.0 Å². The first-order valence-electron chi connectivity index (χ1n) is 9.13. The number of urea groups is 1. The lowest BCUT2D eigenvalue weighted by molar-refractivity contribution is -0.133. The molecule has 15 heteroatoms. The second-order valence-corrected chi connectivity index (χ2v) is 9.47. The van der Waals surface area contributed by atoms with Gasteiger partial charge in [-0.25, -0.2) is 4.79 Å². The van der Waals surface area contributed by atoms with Crippen LogP contribution in [0.4, 0.5) is 4.79 Å². The smallest absolute Gasteiger partial charge is 0.347 e. The van der Waals surface area contributed by atoms with E-state index in [0.29, 0.717) is 27.8 Å². The minimum absolute atomic E-state index is 0.0157. The third-order valence-corrected chi connectivity index (χ3v) is 6.41. The molecule has 3 amide bonds. The number of rotatable bonds is 6. The molecular weight excluding hydrogens is 450 g/mol. The van der Waals surface area contributed by atoms with Gasteiger partial charge in [-0.15, -0.1) is 16.0 Å². The summed E-state index contributed by atoms with van der Waals surface area (Å²) in [7, 11) is 1.64. The average Bonchev–Trinajstić information content (AvgIpc) is 3.31. The van der Waals surface area contributed by atoms with Crippen molar-refractivity contribution < 1.29 is 26.8 Å². The first-order chi connectivity index (χ1) is 14.5. The van der Waals surface area contributed by atoms with Crippen LogP contribution in [0.1, 0.15) is 29.0 Å². The van der Waals surface area contributed by atoms with Gasteiger partial charge < -0.3 is 9.80 Å². The molecule has 0 aromatic carbocycles. The Morgan fingerprint density at radius 2 is 2.10 bits per heavy atom. The summed E-state index contributed by atoms with van der Waals surface area (Å²) < 4.78 is 39.7. The van der Waals surface area contributed by atoms with E-state index in [9.17, 15) is 22.6 Å². The number of likely N-dealkylation sites (N-methyl/N-ethyl adjacent to an activating group) is 1. The molecule has 2 aromatic heterocycles. The van der Waals surface area contributed by atoms with Crippen molar-refractivity contribution in [1.82, 2.24) is 34.4 Å². The van der Waals surface area contributed by atoms with E-state index in [2.05, 4.69) is 14.5 Å². The van der Waals surface area contributed by atoms with Gasteiger partial charge in [0.25, 0.3) is 5.91 Å². The maximum Gasteiger partial charge on any atom is 0.418 e. The zero-order chi connectivity index (χ0) is 22.7. The number of nitrogens with zero attached hydrogens (tertiary/aromatic N) is 7. The average molecular weight is 472 g/mol. The van der Waals surface area contributed by atoms with Gasteiger partial charge in [0.15, 0.2) is 6.04 Å². The second kappa shape index (κ2) is 7.51. The molecule has 0 radical (unpaired) electrons. The van der Waals surface area contributed by atoms with E-state index in [4.69, 9.17) is 0 Å². The molecule has 0 spiro atoms.